The second kappa shape index (κ2) is 3.99. The van der Waals surface area contributed by atoms with Crippen LogP contribution >= 0.6 is 0 Å². The molecule has 0 saturated carbocycles. The SMILES string of the molecule is O=S(=O)(OC1Cc2ccccc2C1)C(F)(F)F. The Morgan fingerprint density at radius 2 is 1.59 bits per heavy atom. The molecule has 0 fully saturated rings. The zero-order chi connectivity index (χ0) is 12.7. The summed E-state index contributed by atoms with van der Waals surface area (Å²) in [5.74, 6) is 0. The van der Waals surface area contributed by atoms with Gasteiger partial charge in [0.2, 0.25) is 0 Å². The Bertz CT molecular complexity index is 497. The fraction of sp³-hybridized carbons (Fsp3) is 0.400. The summed E-state index contributed by atoms with van der Waals surface area (Å²) in [6.45, 7) is 0. The fourth-order valence-electron chi connectivity index (χ4n) is 1.82. The first-order chi connectivity index (χ1) is 7.79. The predicted molar refractivity (Wildman–Crippen MR) is 53.7 cm³/mol. The van der Waals surface area contributed by atoms with Crippen molar-refractivity contribution in [2.75, 3.05) is 0 Å². The summed E-state index contributed by atoms with van der Waals surface area (Å²) in [6, 6.07) is 7.00. The molecular formula is C10H9F3O3S. The Morgan fingerprint density at radius 1 is 1.12 bits per heavy atom. The van der Waals surface area contributed by atoms with E-state index in [2.05, 4.69) is 4.18 Å². The van der Waals surface area contributed by atoms with Gasteiger partial charge in [0, 0.05) is 12.8 Å². The Hall–Kier alpha value is -1.08. The van der Waals surface area contributed by atoms with E-state index in [4.69, 9.17) is 0 Å². The molecule has 0 saturated heterocycles. The van der Waals surface area contributed by atoms with Crippen molar-refractivity contribution in [3.63, 3.8) is 0 Å². The topological polar surface area (TPSA) is 43.4 Å². The van der Waals surface area contributed by atoms with Crippen LogP contribution in [-0.2, 0) is 27.1 Å². The maximum atomic E-state index is 12.1. The number of halogens is 3. The maximum absolute atomic E-state index is 12.1. The second-order valence-corrected chi connectivity index (χ2v) is 5.36. The van der Waals surface area contributed by atoms with Gasteiger partial charge < -0.3 is 0 Å². The highest BCUT2D eigenvalue weighted by Crippen LogP contribution is 2.30. The maximum Gasteiger partial charge on any atom is 0.523 e. The van der Waals surface area contributed by atoms with E-state index in [1.54, 1.807) is 24.3 Å². The Morgan fingerprint density at radius 3 is 2.00 bits per heavy atom. The molecule has 0 atom stereocenters. The van der Waals surface area contributed by atoms with Crippen LogP contribution in [0.3, 0.4) is 0 Å². The number of fused-ring (bicyclic) bond motifs is 1. The average molecular weight is 266 g/mol. The van der Waals surface area contributed by atoms with Crippen LogP contribution < -0.4 is 0 Å². The molecule has 94 valence electrons. The third-order valence-electron chi connectivity index (χ3n) is 2.56. The molecule has 0 radical (unpaired) electrons. The third kappa shape index (κ3) is 2.44. The van der Waals surface area contributed by atoms with E-state index in [0.717, 1.165) is 11.1 Å². The predicted octanol–water partition coefficient (Wildman–Crippen LogP) is 2.02. The molecule has 1 aromatic rings. The molecular weight excluding hydrogens is 257 g/mol. The summed E-state index contributed by atoms with van der Waals surface area (Å²) < 4.78 is 62.1. The van der Waals surface area contributed by atoms with Gasteiger partial charge in [-0.2, -0.15) is 21.6 Å². The Balaban J connectivity index is 2.11. The molecule has 0 heterocycles. The first-order valence-corrected chi connectivity index (χ1v) is 6.27. The number of hydrogen-bond donors (Lipinski definition) is 0. The molecule has 0 N–H and O–H groups in total. The summed E-state index contributed by atoms with van der Waals surface area (Å²) in [5.41, 5.74) is -3.70. The first-order valence-electron chi connectivity index (χ1n) is 4.86. The number of alkyl halides is 3. The van der Waals surface area contributed by atoms with Gasteiger partial charge in [-0.05, 0) is 11.1 Å². The zero-order valence-electron chi connectivity index (χ0n) is 8.57. The lowest BCUT2D eigenvalue weighted by atomic mass is 10.1. The van der Waals surface area contributed by atoms with Crippen molar-refractivity contribution >= 4 is 10.1 Å². The van der Waals surface area contributed by atoms with Gasteiger partial charge in [-0.15, -0.1) is 0 Å². The molecule has 0 spiro atoms. The highest BCUT2D eigenvalue weighted by Gasteiger charge is 2.49. The minimum absolute atomic E-state index is 0.186. The minimum Gasteiger partial charge on any atom is -0.259 e. The van der Waals surface area contributed by atoms with E-state index in [0.29, 0.717) is 0 Å². The molecule has 17 heavy (non-hydrogen) atoms. The summed E-state index contributed by atoms with van der Waals surface area (Å²) >= 11 is 0. The van der Waals surface area contributed by atoms with Crippen LogP contribution in [0.1, 0.15) is 11.1 Å². The van der Waals surface area contributed by atoms with Gasteiger partial charge >= 0.3 is 15.6 Å². The monoisotopic (exact) mass is 266 g/mol. The summed E-state index contributed by atoms with van der Waals surface area (Å²) in [5, 5.41) is 0. The third-order valence-corrected chi connectivity index (χ3v) is 3.65. The van der Waals surface area contributed by atoms with Gasteiger partial charge in [0.25, 0.3) is 0 Å². The molecule has 0 amide bonds. The van der Waals surface area contributed by atoms with Crippen molar-refractivity contribution in [2.24, 2.45) is 0 Å². The molecule has 2 rings (SSSR count). The Labute approximate surface area is 96.3 Å². The first kappa shape index (κ1) is 12.4. The highest BCUT2D eigenvalue weighted by molar-refractivity contribution is 7.87. The van der Waals surface area contributed by atoms with E-state index in [-0.39, 0.29) is 12.8 Å². The zero-order valence-corrected chi connectivity index (χ0v) is 9.38. The van der Waals surface area contributed by atoms with Gasteiger partial charge in [-0.3, -0.25) is 4.18 Å². The molecule has 1 aliphatic carbocycles. The second-order valence-electron chi connectivity index (χ2n) is 3.80. The minimum atomic E-state index is -5.50. The molecule has 0 aromatic heterocycles. The molecule has 1 aromatic carbocycles. The average Bonchev–Trinajstić information content (AvgIpc) is 2.56. The number of benzene rings is 1. The van der Waals surface area contributed by atoms with Gasteiger partial charge in [0.1, 0.15) is 0 Å². The molecule has 0 bridgehead atoms. The highest BCUT2D eigenvalue weighted by atomic mass is 32.2. The quantitative estimate of drug-likeness (QED) is 0.607. The van der Waals surface area contributed by atoms with Gasteiger partial charge in [0.05, 0.1) is 6.10 Å². The van der Waals surface area contributed by atoms with Crippen molar-refractivity contribution in [2.45, 2.75) is 24.5 Å². The molecule has 3 nitrogen and oxygen atoms in total. The standard InChI is InChI=1S/C10H9F3O3S/c11-10(12,13)17(14,15)16-9-5-7-3-1-2-4-8(7)6-9/h1-4,9H,5-6H2. The molecule has 1 aliphatic rings. The van der Waals surface area contributed by atoms with Crippen molar-refractivity contribution in [3.05, 3.63) is 35.4 Å². The van der Waals surface area contributed by atoms with E-state index in [1.807, 2.05) is 0 Å². The van der Waals surface area contributed by atoms with E-state index in [1.165, 1.54) is 0 Å². The van der Waals surface area contributed by atoms with Crippen molar-refractivity contribution in [1.82, 2.24) is 0 Å². The van der Waals surface area contributed by atoms with E-state index in [9.17, 15) is 21.6 Å². The van der Waals surface area contributed by atoms with Crippen LogP contribution in [0.15, 0.2) is 24.3 Å². The largest absolute Gasteiger partial charge is 0.523 e. The van der Waals surface area contributed by atoms with Gasteiger partial charge in [-0.25, -0.2) is 0 Å². The van der Waals surface area contributed by atoms with Crippen LogP contribution in [0, 0.1) is 0 Å². The van der Waals surface area contributed by atoms with Crippen LogP contribution in [0.4, 0.5) is 13.2 Å². The van der Waals surface area contributed by atoms with Gasteiger partial charge in [-0.1, -0.05) is 24.3 Å². The lowest BCUT2D eigenvalue weighted by Crippen LogP contribution is -2.30. The van der Waals surface area contributed by atoms with Crippen LogP contribution in [0.2, 0.25) is 0 Å². The van der Waals surface area contributed by atoms with Crippen LogP contribution in [0.5, 0.6) is 0 Å². The number of hydrogen-bond acceptors (Lipinski definition) is 3. The van der Waals surface area contributed by atoms with Gasteiger partial charge in [0.15, 0.2) is 0 Å². The van der Waals surface area contributed by atoms with Crippen molar-refractivity contribution in [3.8, 4) is 0 Å². The molecule has 0 aliphatic heterocycles. The normalized spacial score (nSPS) is 17.1. The van der Waals surface area contributed by atoms with Crippen molar-refractivity contribution < 1.29 is 25.8 Å². The molecule has 0 unspecified atom stereocenters. The molecule has 7 heteroatoms. The van der Waals surface area contributed by atoms with E-state index >= 15 is 0 Å². The lowest BCUT2D eigenvalue weighted by molar-refractivity contribution is -0.0570. The van der Waals surface area contributed by atoms with Crippen LogP contribution in [0.25, 0.3) is 0 Å². The smallest absolute Gasteiger partial charge is 0.259 e. The lowest BCUT2D eigenvalue weighted by Gasteiger charge is -2.12. The summed E-state index contributed by atoms with van der Waals surface area (Å²) in [7, 11) is -5.50. The fourth-order valence-corrected chi connectivity index (χ4v) is 2.42. The van der Waals surface area contributed by atoms with Crippen LogP contribution in [-0.4, -0.2) is 20.0 Å². The summed E-state index contributed by atoms with van der Waals surface area (Å²) in [6.07, 6.45) is -0.587. The summed E-state index contributed by atoms with van der Waals surface area (Å²) in [4.78, 5) is 0. The van der Waals surface area contributed by atoms with E-state index < -0.39 is 21.7 Å². The van der Waals surface area contributed by atoms with Crippen molar-refractivity contribution in [1.29, 1.82) is 0 Å². The Kier molecular flexibility index (Phi) is 2.90. The number of rotatable bonds is 2.